The second kappa shape index (κ2) is 7.22. The molecule has 0 fully saturated rings. The second-order valence-corrected chi connectivity index (χ2v) is 5.89. The normalized spacial score (nSPS) is 11.2. The number of benzene rings is 1. The molecule has 0 amide bonds. The van der Waals surface area contributed by atoms with Crippen LogP contribution in [0.1, 0.15) is 44.0 Å². The smallest absolute Gasteiger partial charge is 0.0829 e. The maximum atomic E-state index is 4.22. The van der Waals surface area contributed by atoms with Gasteiger partial charge in [0.25, 0.3) is 0 Å². The van der Waals surface area contributed by atoms with E-state index in [1.54, 1.807) is 0 Å². The standard InChI is InChI=1S/C17H25N3/c1-4-5-15-6-8-16(9-7-15)10-11-20-13-17(18-19-20)12-14(2)3/h6-9,13-14H,4-5,10-12H2,1-3H3. The van der Waals surface area contributed by atoms with Gasteiger partial charge in [0.1, 0.15) is 0 Å². The van der Waals surface area contributed by atoms with E-state index in [-0.39, 0.29) is 0 Å². The molecule has 0 N–H and O–H groups in total. The Labute approximate surface area is 122 Å². The van der Waals surface area contributed by atoms with Crippen LogP contribution in [0.4, 0.5) is 0 Å². The van der Waals surface area contributed by atoms with Crippen LogP contribution in [0, 0.1) is 5.92 Å². The minimum atomic E-state index is 0.631. The van der Waals surface area contributed by atoms with Crippen LogP contribution >= 0.6 is 0 Å². The van der Waals surface area contributed by atoms with E-state index in [9.17, 15) is 0 Å². The van der Waals surface area contributed by atoms with Gasteiger partial charge >= 0.3 is 0 Å². The second-order valence-electron chi connectivity index (χ2n) is 5.89. The zero-order chi connectivity index (χ0) is 14.4. The molecule has 3 nitrogen and oxygen atoms in total. The first-order chi connectivity index (χ1) is 9.67. The van der Waals surface area contributed by atoms with Crippen LogP contribution in [0.5, 0.6) is 0 Å². The minimum Gasteiger partial charge on any atom is -0.252 e. The molecule has 0 aliphatic rings. The molecule has 20 heavy (non-hydrogen) atoms. The summed E-state index contributed by atoms with van der Waals surface area (Å²) in [5.74, 6) is 0.631. The predicted molar refractivity (Wildman–Crippen MR) is 82.7 cm³/mol. The van der Waals surface area contributed by atoms with Crippen molar-refractivity contribution in [3.05, 3.63) is 47.3 Å². The molecule has 0 radical (unpaired) electrons. The highest BCUT2D eigenvalue weighted by atomic mass is 15.4. The molecule has 0 saturated heterocycles. The van der Waals surface area contributed by atoms with E-state index in [2.05, 4.69) is 61.5 Å². The summed E-state index contributed by atoms with van der Waals surface area (Å²) in [7, 11) is 0. The van der Waals surface area contributed by atoms with Crippen LogP contribution in [0.25, 0.3) is 0 Å². The summed E-state index contributed by atoms with van der Waals surface area (Å²) >= 11 is 0. The van der Waals surface area contributed by atoms with Gasteiger partial charge in [0.15, 0.2) is 0 Å². The molecule has 0 unspecified atom stereocenters. The molecular weight excluding hydrogens is 246 g/mol. The Balaban J connectivity index is 1.86. The highest BCUT2D eigenvalue weighted by Gasteiger charge is 2.03. The lowest BCUT2D eigenvalue weighted by atomic mass is 10.1. The summed E-state index contributed by atoms with van der Waals surface area (Å²) in [5.41, 5.74) is 3.89. The minimum absolute atomic E-state index is 0.631. The molecule has 1 aromatic heterocycles. The number of rotatable bonds is 7. The molecule has 0 saturated carbocycles. The highest BCUT2D eigenvalue weighted by Crippen LogP contribution is 2.09. The van der Waals surface area contributed by atoms with Crippen LogP contribution in [-0.4, -0.2) is 15.0 Å². The molecule has 1 aromatic carbocycles. The Morgan fingerprint density at radius 1 is 1.05 bits per heavy atom. The van der Waals surface area contributed by atoms with Crippen molar-refractivity contribution in [3.8, 4) is 0 Å². The average molecular weight is 271 g/mol. The monoisotopic (exact) mass is 271 g/mol. The van der Waals surface area contributed by atoms with Gasteiger partial charge in [0.2, 0.25) is 0 Å². The van der Waals surface area contributed by atoms with Gasteiger partial charge in [0, 0.05) is 12.7 Å². The zero-order valence-corrected chi connectivity index (χ0v) is 12.8. The quantitative estimate of drug-likeness (QED) is 0.769. The number of aryl methyl sites for hydroxylation is 3. The maximum absolute atomic E-state index is 4.22. The highest BCUT2D eigenvalue weighted by molar-refractivity contribution is 5.22. The Hall–Kier alpha value is -1.64. The van der Waals surface area contributed by atoms with Crippen LogP contribution in [0.3, 0.4) is 0 Å². The van der Waals surface area contributed by atoms with Gasteiger partial charge in [-0.25, -0.2) is 0 Å². The number of nitrogens with zero attached hydrogens (tertiary/aromatic N) is 3. The molecule has 0 atom stereocenters. The summed E-state index contributed by atoms with van der Waals surface area (Å²) in [6, 6.07) is 8.95. The van der Waals surface area contributed by atoms with E-state index in [0.717, 1.165) is 25.1 Å². The van der Waals surface area contributed by atoms with Crippen molar-refractivity contribution in [2.45, 2.75) is 53.0 Å². The molecule has 0 spiro atoms. The molecule has 3 heteroatoms. The SMILES string of the molecule is CCCc1ccc(CCn2cc(CC(C)C)nn2)cc1. The van der Waals surface area contributed by atoms with E-state index in [4.69, 9.17) is 0 Å². The predicted octanol–water partition coefficient (Wildman–Crippen LogP) is 3.67. The van der Waals surface area contributed by atoms with Crippen molar-refractivity contribution < 1.29 is 0 Å². The first-order valence-electron chi connectivity index (χ1n) is 7.64. The van der Waals surface area contributed by atoms with Crippen molar-refractivity contribution in [1.82, 2.24) is 15.0 Å². The average Bonchev–Trinajstić information content (AvgIpc) is 2.85. The van der Waals surface area contributed by atoms with Gasteiger partial charge in [-0.3, -0.25) is 4.68 Å². The van der Waals surface area contributed by atoms with Crippen LogP contribution in [-0.2, 0) is 25.8 Å². The molecule has 0 bridgehead atoms. The van der Waals surface area contributed by atoms with Crippen molar-refractivity contribution in [2.75, 3.05) is 0 Å². The maximum Gasteiger partial charge on any atom is 0.0829 e. The van der Waals surface area contributed by atoms with Crippen LogP contribution in [0.2, 0.25) is 0 Å². The third-order valence-corrected chi connectivity index (χ3v) is 3.39. The van der Waals surface area contributed by atoms with E-state index < -0.39 is 0 Å². The molecule has 1 heterocycles. The van der Waals surface area contributed by atoms with Gasteiger partial charge in [-0.05, 0) is 36.3 Å². The topological polar surface area (TPSA) is 30.7 Å². The summed E-state index contributed by atoms with van der Waals surface area (Å²) in [6.07, 6.45) is 6.47. The molecule has 2 rings (SSSR count). The van der Waals surface area contributed by atoms with E-state index in [1.807, 2.05) is 4.68 Å². The largest absolute Gasteiger partial charge is 0.252 e. The van der Waals surface area contributed by atoms with Crippen LogP contribution in [0.15, 0.2) is 30.5 Å². The summed E-state index contributed by atoms with van der Waals surface area (Å²) in [5, 5.41) is 8.42. The van der Waals surface area contributed by atoms with Crippen molar-refractivity contribution in [2.24, 2.45) is 5.92 Å². The number of hydrogen-bond donors (Lipinski definition) is 0. The van der Waals surface area contributed by atoms with Crippen molar-refractivity contribution >= 4 is 0 Å². The molecular formula is C17H25N3. The van der Waals surface area contributed by atoms with Gasteiger partial charge in [0.05, 0.1) is 5.69 Å². The third kappa shape index (κ3) is 4.48. The summed E-state index contributed by atoms with van der Waals surface area (Å²) < 4.78 is 1.96. The van der Waals surface area contributed by atoms with E-state index >= 15 is 0 Å². The Kier molecular flexibility index (Phi) is 5.33. The number of hydrogen-bond acceptors (Lipinski definition) is 2. The Morgan fingerprint density at radius 3 is 2.30 bits per heavy atom. The van der Waals surface area contributed by atoms with Gasteiger partial charge < -0.3 is 0 Å². The van der Waals surface area contributed by atoms with Crippen LogP contribution < -0.4 is 0 Å². The van der Waals surface area contributed by atoms with Crippen molar-refractivity contribution in [3.63, 3.8) is 0 Å². The lowest BCUT2D eigenvalue weighted by molar-refractivity contribution is 0.588. The van der Waals surface area contributed by atoms with E-state index in [1.165, 1.54) is 24.0 Å². The lowest BCUT2D eigenvalue weighted by Crippen LogP contribution is -2.02. The number of aromatic nitrogens is 3. The van der Waals surface area contributed by atoms with Crippen molar-refractivity contribution in [1.29, 1.82) is 0 Å². The Bertz CT molecular complexity index is 511. The fraction of sp³-hybridized carbons (Fsp3) is 0.529. The third-order valence-electron chi connectivity index (χ3n) is 3.39. The van der Waals surface area contributed by atoms with Gasteiger partial charge in [-0.15, -0.1) is 5.10 Å². The fourth-order valence-electron chi connectivity index (χ4n) is 2.36. The summed E-state index contributed by atoms with van der Waals surface area (Å²) in [4.78, 5) is 0. The van der Waals surface area contributed by atoms with E-state index in [0.29, 0.717) is 5.92 Å². The molecule has 2 aromatic rings. The van der Waals surface area contributed by atoms with Gasteiger partial charge in [-0.1, -0.05) is 56.7 Å². The molecule has 0 aliphatic heterocycles. The first-order valence-corrected chi connectivity index (χ1v) is 7.64. The van der Waals surface area contributed by atoms with Gasteiger partial charge in [-0.2, -0.15) is 0 Å². The molecule has 0 aliphatic carbocycles. The lowest BCUT2D eigenvalue weighted by Gasteiger charge is -2.03. The summed E-state index contributed by atoms with van der Waals surface area (Å²) in [6.45, 7) is 7.53. The zero-order valence-electron chi connectivity index (χ0n) is 12.8. The molecule has 108 valence electrons. The first kappa shape index (κ1) is 14.8. The Morgan fingerprint density at radius 2 is 1.70 bits per heavy atom. The fourth-order valence-corrected chi connectivity index (χ4v) is 2.36.